The molecule has 0 unspecified atom stereocenters. The summed E-state index contributed by atoms with van der Waals surface area (Å²) in [6.07, 6.45) is -1.54. The van der Waals surface area contributed by atoms with Gasteiger partial charge in [0.15, 0.2) is 0 Å². The highest BCUT2D eigenvalue weighted by Crippen LogP contribution is 2.34. The lowest BCUT2D eigenvalue weighted by atomic mass is 10.1. The molecule has 5 nitrogen and oxygen atoms in total. The molecular weight excluding hydrogens is 359 g/mol. The monoisotopic (exact) mass is 379 g/mol. The Balaban J connectivity index is 2.20. The molecule has 0 saturated heterocycles. The molecular formula is C19H20F3N3O2. The maximum Gasteiger partial charge on any atom is 0.418 e. The van der Waals surface area contributed by atoms with E-state index in [1.54, 1.807) is 7.05 Å². The molecule has 0 bridgehead atoms. The van der Waals surface area contributed by atoms with Gasteiger partial charge in [-0.1, -0.05) is 25.5 Å². The molecule has 1 heterocycles. The minimum atomic E-state index is -4.60. The zero-order valence-corrected chi connectivity index (χ0v) is 15.0. The number of para-hydroxylation sites is 1. The van der Waals surface area contributed by atoms with Crippen LogP contribution in [0, 0.1) is 0 Å². The summed E-state index contributed by atoms with van der Waals surface area (Å²) in [5, 5.41) is 2.22. The van der Waals surface area contributed by atoms with Gasteiger partial charge in [-0.2, -0.15) is 13.2 Å². The van der Waals surface area contributed by atoms with Crippen molar-refractivity contribution in [2.45, 2.75) is 25.9 Å². The third kappa shape index (κ3) is 5.29. The first-order valence-corrected chi connectivity index (χ1v) is 8.43. The van der Waals surface area contributed by atoms with Crippen LogP contribution in [0.2, 0.25) is 0 Å². The van der Waals surface area contributed by atoms with Crippen LogP contribution in [0.1, 0.15) is 46.2 Å². The second-order valence-electron chi connectivity index (χ2n) is 6.01. The normalized spacial score (nSPS) is 11.1. The van der Waals surface area contributed by atoms with E-state index >= 15 is 0 Å². The number of hydrogen-bond donors (Lipinski definition) is 1. The highest BCUT2D eigenvalue weighted by Gasteiger charge is 2.33. The topological polar surface area (TPSA) is 62.3 Å². The largest absolute Gasteiger partial charge is 0.418 e. The van der Waals surface area contributed by atoms with Crippen molar-refractivity contribution in [1.82, 2.24) is 9.88 Å². The molecule has 0 aliphatic rings. The van der Waals surface area contributed by atoms with Gasteiger partial charge in [-0.3, -0.25) is 14.6 Å². The Bertz CT molecular complexity index is 822. The van der Waals surface area contributed by atoms with E-state index in [9.17, 15) is 22.8 Å². The van der Waals surface area contributed by atoms with Crippen LogP contribution < -0.4 is 5.32 Å². The summed E-state index contributed by atoms with van der Waals surface area (Å²) < 4.78 is 39.1. The van der Waals surface area contributed by atoms with Crippen LogP contribution in [-0.2, 0) is 6.18 Å². The van der Waals surface area contributed by atoms with Crippen LogP contribution in [0.5, 0.6) is 0 Å². The third-order valence-electron chi connectivity index (χ3n) is 3.91. The second-order valence-corrected chi connectivity index (χ2v) is 6.01. The smallest absolute Gasteiger partial charge is 0.342 e. The average Bonchev–Trinajstić information content (AvgIpc) is 2.65. The molecule has 0 saturated carbocycles. The van der Waals surface area contributed by atoms with Gasteiger partial charge < -0.3 is 10.2 Å². The Morgan fingerprint density at radius 1 is 1.19 bits per heavy atom. The number of rotatable bonds is 6. The fraction of sp³-hybridized carbons (Fsp3) is 0.316. The first kappa shape index (κ1) is 20.4. The highest BCUT2D eigenvalue weighted by atomic mass is 19.4. The summed E-state index contributed by atoms with van der Waals surface area (Å²) in [6, 6.07) is 7.41. The number of amides is 2. The lowest BCUT2D eigenvalue weighted by molar-refractivity contribution is -0.136. The lowest BCUT2D eigenvalue weighted by Gasteiger charge is -2.17. The summed E-state index contributed by atoms with van der Waals surface area (Å²) in [7, 11) is 1.65. The van der Waals surface area contributed by atoms with Crippen molar-refractivity contribution in [2.75, 3.05) is 18.9 Å². The molecule has 8 heteroatoms. The highest BCUT2D eigenvalue weighted by molar-refractivity contribution is 6.05. The van der Waals surface area contributed by atoms with Gasteiger partial charge in [0.2, 0.25) is 0 Å². The molecule has 144 valence electrons. The summed E-state index contributed by atoms with van der Waals surface area (Å²) in [5.74, 6) is -1.10. The zero-order valence-electron chi connectivity index (χ0n) is 15.0. The number of nitrogens with zero attached hydrogens (tertiary/aromatic N) is 2. The number of benzene rings is 1. The number of hydrogen-bond acceptors (Lipinski definition) is 3. The van der Waals surface area contributed by atoms with Crippen molar-refractivity contribution in [3.63, 3.8) is 0 Å². The summed E-state index contributed by atoms with van der Waals surface area (Å²) in [5.41, 5.74) is -1.21. The Morgan fingerprint density at radius 3 is 2.56 bits per heavy atom. The second kappa shape index (κ2) is 8.66. The van der Waals surface area contributed by atoms with Crippen LogP contribution in [0.25, 0.3) is 0 Å². The van der Waals surface area contributed by atoms with Crippen molar-refractivity contribution < 1.29 is 22.8 Å². The Kier molecular flexibility index (Phi) is 6.55. The van der Waals surface area contributed by atoms with E-state index in [2.05, 4.69) is 10.3 Å². The minimum absolute atomic E-state index is 0.137. The Hall–Kier alpha value is -2.90. The molecule has 2 aromatic rings. The Morgan fingerprint density at radius 2 is 1.89 bits per heavy atom. The molecule has 2 rings (SSSR count). The van der Waals surface area contributed by atoms with Crippen molar-refractivity contribution in [2.24, 2.45) is 0 Å². The maximum atomic E-state index is 13.0. The standard InChI is InChI=1S/C19H20F3N3O2/c1-3-4-11-25(2)18(27)13-9-10-23-16(12-13)17(26)24-15-8-6-5-7-14(15)19(20,21)22/h5-10,12H,3-4,11H2,1-2H3,(H,24,26). The van der Waals surface area contributed by atoms with Gasteiger partial charge in [-0.05, 0) is 30.7 Å². The molecule has 0 spiro atoms. The van der Waals surface area contributed by atoms with Crippen molar-refractivity contribution >= 4 is 17.5 Å². The minimum Gasteiger partial charge on any atom is -0.342 e. The average molecular weight is 379 g/mol. The molecule has 1 N–H and O–H groups in total. The van der Waals surface area contributed by atoms with Gasteiger partial charge in [-0.15, -0.1) is 0 Å². The van der Waals surface area contributed by atoms with E-state index in [0.717, 1.165) is 25.0 Å². The number of carbonyl (C=O) groups excluding carboxylic acids is 2. The molecule has 0 atom stereocenters. The molecule has 0 fully saturated rings. The molecule has 2 amide bonds. The molecule has 0 radical (unpaired) electrons. The summed E-state index contributed by atoms with van der Waals surface area (Å²) in [4.78, 5) is 30.1. The van der Waals surface area contributed by atoms with Gasteiger partial charge in [0, 0.05) is 25.4 Å². The van der Waals surface area contributed by atoms with Gasteiger partial charge >= 0.3 is 6.18 Å². The van der Waals surface area contributed by atoms with E-state index in [0.29, 0.717) is 6.54 Å². The molecule has 1 aromatic carbocycles. The van der Waals surface area contributed by atoms with Crippen LogP contribution >= 0.6 is 0 Å². The van der Waals surface area contributed by atoms with E-state index in [4.69, 9.17) is 0 Å². The van der Waals surface area contributed by atoms with Crippen molar-refractivity contribution in [1.29, 1.82) is 0 Å². The zero-order chi connectivity index (χ0) is 20.0. The summed E-state index contributed by atoms with van der Waals surface area (Å²) in [6.45, 7) is 2.57. The Labute approximate surface area is 155 Å². The molecule has 27 heavy (non-hydrogen) atoms. The van der Waals surface area contributed by atoms with Crippen LogP contribution in [-0.4, -0.2) is 35.3 Å². The van der Waals surface area contributed by atoms with Gasteiger partial charge in [0.25, 0.3) is 11.8 Å². The first-order valence-electron chi connectivity index (χ1n) is 8.43. The number of pyridine rings is 1. The van der Waals surface area contributed by atoms with E-state index in [-0.39, 0.29) is 22.9 Å². The number of alkyl halides is 3. The fourth-order valence-electron chi connectivity index (χ4n) is 2.43. The number of aromatic nitrogens is 1. The van der Waals surface area contributed by atoms with Crippen molar-refractivity contribution in [3.8, 4) is 0 Å². The van der Waals surface area contributed by atoms with Crippen molar-refractivity contribution in [3.05, 3.63) is 59.4 Å². The SMILES string of the molecule is CCCCN(C)C(=O)c1ccnc(C(=O)Nc2ccccc2C(F)(F)F)c1. The van der Waals surface area contributed by atoms with Gasteiger partial charge in [-0.25, -0.2) is 0 Å². The maximum absolute atomic E-state index is 13.0. The molecule has 0 aliphatic heterocycles. The van der Waals surface area contributed by atoms with Crippen LogP contribution in [0.15, 0.2) is 42.6 Å². The van der Waals surface area contributed by atoms with Crippen LogP contribution in [0.3, 0.4) is 0 Å². The predicted molar refractivity (Wildman–Crippen MR) is 95.5 cm³/mol. The van der Waals surface area contributed by atoms with Gasteiger partial charge in [0.1, 0.15) is 5.69 Å². The fourth-order valence-corrected chi connectivity index (χ4v) is 2.43. The number of anilines is 1. The number of unbranched alkanes of at least 4 members (excludes halogenated alkanes) is 1. The lowest BCUT2D eigenvalue weighted by Crippen LogP contribution is -2.28. The van der Waals surface area contributed by atoms with E-state index in [1.165, 1.54) is 35.4 Å². The third-order valence-corrected chi connectivity index (χ3v) is 3.91. The first-order chi connectivity index (χ1) is 12.7. The predicted octanol–water partition coefficient (Wildman–Crippen LogP) is 4.22. The number of carbonyl (C=O) groups is 2. The molecule has 1 aromatic heterocycles. The van der Waals surface area contributed by atoms with E-state index < -0.39 is 17.6 Å². The van der Waals surface area contributed by atoms with Gasteiger partial charge in [0.05, 0.1) is 11.3 Å². The summed E-state index contributed by atoms with van der Waals surface area (Å²) >= 11 is 0. The molecule has 0 aliphatic carbocycles. The quantitative estimate of drug-likeness (QED) is 0.817. The number of halogens is 3. The van der Waals surface area contributed by atoms with E-state index in [1.807, 2.05) is 6.92 Å². The van der Waals surface area contributed by atoms with Crippen LogP contribution in [0.4, 0.5) is 18.9 Å². The number of nitrogens with one attached hydrogen (secondary N) is 1.